The summed E-state index contributed by atoms with van der Waals surface area (Å²) in [7, 11) is 0. The molecule has 0 fully saturated rings. The summed E-state index contributed by atoms with van der Waals surface area (Å²) in [5, 5.41) is 3.95. The van der Waals surface area contributed by atoms with Crippen LogP contribution in [0, 0.1) is 13.8 Å². The Morgan fingerprint density at radius 1 is 1.06 bits per heavy atom. The standard InChI is InChI=1S/C25H22BrN3O3/c1-17-24(18(2)32-28-17)16-31-23-8-5-6-19(14-23)25(30)29(15-21-7-3-4-13-27-21)22-11-9-20(26)10-12-22/h3-14H,15-16H2,1-2H3. The van der Waals surface area contributed by atoms with Crippen molar-refractivity contribution < 1.29 is 14.1 Å². The maximum Gasteiger partial charge on any atom is 0.258 e. The number of anilines is 1. The van der Waals surface area contributed by atoms with Crippen LogP contribution in [-0.4, -0.2) is 16.0 Å². The zero-order valence-electron chi connectivity index (χ0n) is 17.8. The van der Waals surface area contributed by atoms with E-state index in [9.17, 15) is 4.79 Å². The molecule has 7 heteroatoms. The SMILES string of the molecule is Cc1noc(C)c1COc1cccc(C(=O)N(Cc2ccccn2)c2ccc(Br)cc2)c1. The molecule has 32 heavy (non-hydrogen) atoms. The number of hydrogen-bond donors (Lipinski definition) is 0. The van der Waals surface area contributed by atoms with E-state index in [1.165, 1.54) is 0 Å². The highest BCUT2D eigenvalue weighted by Crippen LogP contribution is 2.24. The topological polar surface area (TPSA) is 68.5 Å². The summed E-state index contributed by atoms with van der Waals surface area (Å²) >= 11 is 3.45. The Morgan fingerprint density at radius 2 is 1.88 bits per heavy atom. The van der Waals surface area contributed by atoms with Gasteiger partial charge in [0.2, 0.25) is 0 Å². The molecular weight excluding hydrogens is 470 g/mol. The van der Waals surface area contributed by atoms with Crippen molar-refractivity contribution in [1.29, 1.82) is 0 Å². The second-order valence-electron chi connectivity index (χ2n) is 7.31. The summed E-state index contributed by atoms with van der Waals surface area (Å²) in [6.07, 6.45) is 1.72. The average molecular weight is 492 g/mol. The summed E-state index contributed by atoms with van der Waals surface area (Å²) in [4.78, 5) is 19.6. The summed E-state index contributed by atoms with van der Waals surface area (Å²) in [6.45, 7) is 4.41. The zero-order chi connectivity index (χ0) is 22.5. The van der Waals surface area contributed by atoms with Gasteiger partial charge in [-0.2, -0.15) is 0 Å². The summed E-state index contributed by atoms with van der Waals surface area (Å²) < 4.78 is 12.1. The predicted octanol–water partition coefficient (Wildman–Crippen LogP) is 5.87. The molecule has 0 radical (unpaired) electrons. The van der Waals surface area contributed by atoms with Crippen molar-refractivity contribution >= 4 is 27.5 Å². The smallest absolute Gasteiger partial charge is 0.258 e. The second-order valence-corrected chi connectivity index (χ2v) is 8.22. The number of amides is 1. The number of rotatable bonds is 7. The van der Waals surface area contributed by atoms with Crippen molar-refractivity contribution in [2.45, 2.75) is 27.0 Å². The van der Waals surface area contributed by atoms with Crippen LogP contribution in [0.1, 0.15) is 33.1 Å². The van der Waals surface area contributed by atoms with Gasteiger partial charge in [0.05, 0.1) is 23.5 Å². The molecule has 0 saturated carbocycles. The summed E-state index contributed by atoms with van der Waals surface area (Å²) in [5.41, 5.74) is 3.82. The van der Waals surface area contributed by atoms with E-state index in [0.717, 1.165) is 32.9 Å². The zero-order valence-corrected chi connectivity index (χ0v) is 19.4. The van der Waals surface area contributed by atoms with Crippen molar-refractivity contribution in [1.82, 2.24) is 10.1 Å². The lowest BCUT2D eigenvalue weighted by Crippen LogP contribution is -2.30. The first-order valence-corrected chi connectivity index (χ1v) is 10.9. The molecule has 2 aromatic heterocycles. The van der Waals surface area contributed by atoms with E-state index in [4.69, 9.17) is 9.26 Å². The van der Waals surface area contributed by atoms with Gasteiger partial charge in [0, 0.05) is 21.9 Å². The molecule has 0 spiro atoms. The van der Waals surface area contributed by atoms with Crippen molar-refractivity contribution in [3.63, 3.8) is 0 Å². The molecule has 0 N–H and O–H groups in total. The number of halogens is 1. The molecule has 162 valence electrons. The van der Waals surface area contributed by atoms with Crippen molar-refractivity contribution in [2.75, 3.05) is 4.90 Å². The molecule has 6 nitrogen and oxygen atoms in total. The van der Waals surface area contributed by atoms with Crippen LogP contribution in [0.25, 0.3) is 0 Å². The van der Waals surface area contributed by atoms with E-state index in [-0.39, 0.29) is 5.91 Å². The number of carbonyl (C=O) groups is 1. The second kappa shape index (κ2) is 9.78. The number of hydrogen-bond acceptors (Lipinski definition) is 5. The van der Waals surface area contributed by atoms with E-state index >= 15 is 0 Å². The molecule has 4 aromatic rings. The lowest BCUT2D eigenvalue weighted by atomic mass is 10.1. The number of aryl methyl sites for hydroxylation is 2. The Hall–Kier alpha value is -3.45. The quantitative estimate of drug-likeness (QED) is 0.323. The number of ether oxygens (including phenoxy) is 1. The van der Waals surface area contributed by atoms with E-state index in [2.05, 4.69) is 26.1 Å². The molecule has 1 amide bonds. The molecular formula is C25H22BrN3O3. The minimum Gasteiger partial charge on any atom is -0.489 e. The first kappa shape index (κ1) is 21.8. The molecule has 4 rings (SSSR count). The van der Waals surface area contributed by atoms with Crippen LogP contribution in [0.4, 0.5) is 5.69 Å². The number of carbonyl (C=O) groups excluding carboxylic acids is 1. The maximum absolute atomic E-state index is 13.5. The number of benzene rings is 2. The van der Waals surface area contributed by atoms with Gasteiger partial charge in [0.25, 0.3) is 5.91 Å². The minimum atomic E-state index is -0.138. The first-order valence-electron chi connectivity index (χ1n) is 10.1. The Bertz CT molecular complexity index is 1190. The molecule has 0 aliphatic rings. The van der Waals surface area contributed by atoms with Crippen molar-refractivity contribution in [3.05, 3.63) is 106 Å². The van der Waals surface area contributed by atoms with Gasteiger partial charge >= 0.3 is 0 Å². The van der Waals surface area contributed by atoms with Crippen LogP contribution in [0.5, 0.6) is 5.75 Å². The maximum atomic E-state index is 13.5. The molecule has 0 aliphatic heterocycles. The normalized spacial score (nSPS) is 10.7. The first-order chi connectivity index (χ1) is 15.5. The van der Waals surface area contributed by atoms with Crippen LogP contribution in [0.15, 0.2) is 81.9 Å². The summed E-state index contributed by atoms with van der Waals surface area (Å²) in [5.74, 6) is 1.19. The van der Waals surface area contributed by atoms with Crippen LogP contribution in [0.3, 0.4) is 0 Å². The van der Waals surface area contributed by atoms with Crippen molar-refractivity contribution in [2.24, 2.45) is 0 Å². The van der Waals surface area contributed by atoms with Crippen LogP contribution in [0.2, 0.25) is 0 Å². The monoisotopic (exact) mass is 491 g/mol. The third kappa shape index (κ3) is 5.06. The fraction of sp³-hybridized carbons (Fsp3) is 0.160. The van der Waals surface area contributed by atoms with E-state index in [1.807, 2.05) is 68.4 Å². The molecule has 0 saturated heterocycles. The lowest BCUT2D eigenvalue weighted by molar-refractivity contribution is 0.0984. The Morgan fingerprint density at radius 3 is 2.56 bits per heavy atom. The van der Waals surface area contributed by atoms with Crippen molar-refractivity contribution in [3.8, 4) is 5.75 Å². The van der Waals surface area contributed by atoms with Gasteiger partial charge in [-0.3, -0.25) is 9.78 Å². The molecule has 2 heterocycles. The molecule has 2 aromatic carbocycles. The highest BCUT2D eigenvalue weighted by Gasteiger charge is 2.20. The van der Waals surface area contributed by atoms with Crippen LogP contribution >= 0.6 is 15.9 Å². The minimum absolute atomic E-state index is 0.138. The van der Waals surface area contributed by atoms with Gasteiger partial charge < -0.3 is 14.2 Å². The number of pyridine rings is 1. The highest BCUT2D eigenvalue weighted by atomic mass is 79.9. The van der Waals surface area contributed by atoms with E-state index < -0.39 is 0 Å². The number of aromatic nitrogens is 2. The summed E-state index contributed by atoms with van der Waals surface area (Å²) in [6, 6.07) is 20.5. The lowest BCUT2D eigenvalue weighted by Gasteiger charge is -2.23. The Balaban J connectivity index is 1.59. The molecule has 0 aliphatic carbocycles. The largest absolute Gasteiger partial charge is 0.489 e. The fourth-order valence-corrected chi connectivity index (χ4v) is 3.56. The van der Waals surface area contributed by atoms with Gasteiger partial charge in [-0.25, -0.2) is 0 Å². The van der Waals surface area contributed by atoms with Gasteiger partial charge in [-0.15, -0.1) is 0 Å². The third-order valence-corrected chi connectivity index (χ3v) is 5.60. The van der Waals surface area contributed by atoms with E-state index in [1.54, 1.807) is 23.2 Å². The van der Waals surface area contributed by atoms with Gasteiger partial charge in [0.15, 0.2) is 0 Å². The van der Waals surface area contributed by atoms with E-state index in [0.29, 0.717) is 24.5 Å². The van der Waals surface area contributed by atoms with Gasteiger partial charge in [0.1, 0.15) is 18.1 Å². The van der Waals surface area contributed by atoms with Crippen LogP contribution in [-0.2, 0) is 13.2 Å². The van der Waals surface area contributed by atoms with Gasteiger partial charge in [-0.1, -0.05) is 33.2 Å². The predicted molar refractivity (Wildman–Crippen MR) is 126 cm³/mol. The number of nitrogens with zero attached hydrogens (tertiary/aromatic N) is 3. The fourth-order valence-electron chi connectivity index (χ4n) is 3.29. The van der Waals surface area contributed by atoms with Gasteiger partial charge in [-0.05, 0) is 68.4 Å². The van der Waals surface area contributed by atoms with Crippen LogP contribution < -0.4 is 9.64 Å². The highest BCUT2D eigenvalue weighted by molar-refractivity contribution is 9.10. The molecule has 0 unspecified atom stereocenters. The molecule has 0 atom stereocenters. The Kier molecular flexibility index (Phi) is 6.66. The average Bonchev–Trinajstić information content (AvgIpc) is 3.14. The third-order valence-electron chi connectivity index (χ3n) is 5.08. The molecule has 0 bridgehead atoms. The Labute approximate surface area is 195 Å².